The number of ether oxygens (including phenoxy) is 1. The van der Waals surface area contributed by atoms with Crippen LogP contribution in [0.5, 0.6) is 0 Å². The highest BCUT2D eigenvalue weighted by Crippen LogP contribution is 2.21. The van der Waals surface area contributed by atoms with Gasteiger partial charge in [-0.15, -0.1) is 0 Å². The van der Waals surface area contributed by atoms with E-state index in [1.807, 2.05) is 0 Å². The molecule has 0 amide bonds. The van der Waals surface area contributed by atoms with Gasteiger partial charge in [0, 0.05) is 6.54 Å². The maximum Gasteiger partial charge on any atom is 0.377 e. The number of carbonyl (C=O) groups is 1. The molecule has 0 saturated carbocycles. The number of aliphatic hydroxyl groups excluding tert-OH is 3. The van der Waals surface area contributed by atoms with Crippen LogP contribution in [0.15, 0.2) is 11.5 Å². The van der Waals surface area contributed by atoms with Crippen LogP contribution in [0.2, 0.25) is 0 Å². The Bertz CT molecular complexity index is 273. The molecule has 0 radical (unpaired) electrons. The van der Waals surface area contributed by atoms with Gasteiger partial charge < -0.3 is 25.0 Å². The first kappa shape index (κ1) is 10.8. The average molecular weight is 203 g/mol. The maximum absolute atomic E-state index is 10.8. The molecule has 80 valence electrons. The summed E-state index contributed by atoms with van der Waals surface area (Å²) in [5, 5.41) is 27.7. The van der Waals surface area contributed by atoms with E-state index in [9.17, 15) is 15.0 Å². The average Bonchev–Trinajstić information content (AvgIpc) is 2.32. The third-order valence-electron chi connectivity index (χ3n) is 1.84. The Hall–Kier alpha value is -1.27. The normalized spacial score (nSPS) is 24.3. The molecular formula is C8H13NO5. The van der Waals surface area contributed by atoms with Crippen LogP contribution >= 0.6 is 0 Å². The number of hydrogen-bond acceptors (Lipinski definition) is 6. The van der Waals surface area contributed by atoms with Gasteiger partial charge in [0.1, 0.15) is 6.10 Å². The van der Waals surface area contributed by atoms with Crippen molar-refractivity contribution in [3.63, 3.8) is 0 Å². The van der Waals surface area contributed by atoms with Crippen LogP contribution < -0.4 is 0 Å². The third-order valence-corrected chi connectivity index (χ3v) is 1.84. The number of esters is 1. The molecule has 0 saturated heterocycles. The quantitative estimate of drug-likeness (QED) is 0.518. The smallest absolute Gasteiger partial charge is 0.377 e. The van der Waals surface area contributed by atoms with Crippen LogP contribution in [0.3, 0.4) is 0 Å². The molecule has 0 bridgehead atoms. The van der Waals surface area contributed by atoms with Gasteiger partial charge in [-0.2, -0.15) is 0 Å². The van der Waals surface area contributed by atoms with E-state index in [2.05, 4.69) is 4.74 Å². The molecular weight excluding hydrogens is 190 g/mol. The van der Waals surface area contributed by atoms with Crippen molar-refractivity contribution in [2.75, 3.05) is 20.6 Å². The van der Waals surface area contributed by atoms with E-state index in [4.69, 9.17) is 5.11 Å². The first-order valence-electron chi connectivity index (χ1n) is 4.09. The molecule has 1 aliphatic heterocycles. The number of cyclic esters (lactones) is 1. The molecule has 14 heavy (non-hydrogen) atoms. The fourth-order valence-corrected chi connectivity index (χ4v) is 1.20. The third kappa shape index (κ3) is 1.97. The second-order valence-electron chi connectivity index (χ2n) is 3.39. The zero-order valence-corrected chi connectivity index (χ0v) is 7.97. The summed E-state index contributed by atoms with van der Waals surface area (Å²) in [7, 11) is 3.45. The molecule has 1 rings (SSSR count). The summed E-state index contributed by atoms with van der Waals surface area (Å²) in [6.07, 6.45) is -2.22. The predicted molar refractivity (Wildman–Crippen MR) is 46.7 cm³/mol. The van der Waals surface area contributed by atoms with Crippen molar-refractivity contribution in [3.8, 4) is 0 Å². The molecule has 0 fully saturated rings. The Morgan fingerprint density at radius 2 is 2.07 bits per heavy atom. The monoisotopic (exact) mass is 203 g/mol. The van der Waals surface area contributed by atoms with Gasteiger partial charge in [-0.1, -0.05) is 0 Å². The minimum Gasteiger partial charge on any atom is -0.505 e. The number of likely N-dealkylation sites (N-methyl/N-ethyl adjacent to an activating group) is 1. The van der Waals surface area contributed by atoms with Crippen LogP contribution in [-0.4, -0.2) is 59.0 Å². The summed E-state index contributed by atoms with van der Waals surface area (Å²) in [5.74, 6) is -2.44. The second-order valence-corrected chi connectivity index (χ2v) is 3.39. The molecule has 0 aromatic rings. The molecule has 1 unspecified atom stereocenters. The van der Waals surface area contributed by atoms with Crippen LogP contribution in [0.25, 0.3) is 0 Å². The lowest BCUT2D eigenvalue weighted by Crippen LogP contribution is -2.37. The number of carbonyl (C=O) groups excluding carboxylic acids is 1. The lowest BCUT2D eigenvalue weighted by molar-refractivity contribution is -0.147. The Labute approximate surface area is 81.0 Å². The molecule has 1 heterocycles. The predicted octanol–water partition coefficient (Wildman–Crippen LogP) is -0.838. The van der Waals surface area contributed by atoms with E-state index < -0.39 is 29.7 Å². The van der Waals surface area contributed by atoms with Gasteiger partial charge in [0.2, 0.25) is 5.76 Å². The van der Waals surface area contributed by atoms with Crippen LogP contribution in [0.1, 0.15) is 0 Å². The minimum atomic E-state index is -1.16. The maximum atomic E-state index is 10.8. The van der Waals surface area contributed by atoms with Crippen molar-refractivity contribution >= 4 is 5.97 Å². The van der Waals surface area contributed by atoms with Gasteiger partial charge in [0.15, 0.2) is 11.9 Å². The highest BCUT2D eigenvalue weighted by atomic mass is 16.6. The van der Waals surface area contributed by atoms with Crippen LogP contribution in [0.4, 0.5) is 0 Å². The Kier molecular flexibility index (Phi) is 2.97. The Morgan fingerprint density at radius 1 is 1.50 bits per heavy atom. The lowest BCUT2D eigenvalue weighted by atomic mass is 10.1. The zero-order chi connectivity index (χ0) is 10.9. The number of rotatable bonds is 3. The molecule has 0 aromatic heterocycles. The van der Waals surface area contributed by atoms with Gasteiger partial charge in [-0.25, -0.2) is 4.79 Å². The molecule has 0 aliphatic carbocycles. The van der Waals surface area contributed by atoms with Crippen molar-refractivity contribution in [1.29, 1.82) is 0 Å². The molecule has 0 spiro atoms. The number of nitrogens with zero attached hydrogens (tertiary/aromatic N) is 1. The second kappa shape index (κ2) is 3.85. The van der Waals surface area contributed by atoms with E-state index in [1.165, 1.54) is 0 Å². The minimum absolute atomic E-state index is 0.218. The number of hydrogen-bond donors (Lipinski definition) is 3. The lowest BCUT2D eigenvalue weighted by Gasteiger charge is -2.20. The van der Waals surface area contributed by atoms with Gasteiger partial charge >= 0.3 is 5.97 Å². The van der Waals surface area contributed by atoms with E-state index in [0.717, 1.165) is 0 Å². The van der Waals surface area contributed by atoms with Crippen molar-refractivity contribution in [3.05, 3.63) is 11.5 Å². The van der Waals surface area contributed by atoms with Gasteiger partial charge in [0.25, 0.3) is 0 Å². The van der Waals surface area contributed by atoms with Crippen molar-refractivity contribution in [1.82, 2.24) is 4.90 Å². The van der Waals surface area contributed by atoms with Crippen molar-refractivity contribution in [2.45, 2.75) is 12.2 Å². The van der Waals surface area contributed by atoms with E-state index >= 15 is 0 Å². The molecule has 1 aliphatic rings. The topological polar surface area (TPSA) is 90.2 Å². The highest BCUT2D eigenvalue weighted by molar-refractivity contribution is 5.89. The summed E-state index contributed by atoms with van der Waals surface area (Å²) >= 11 is 0. The van der Waals surface area contributed by atoms with Gasteiger partial charge in [0.05, 0.1) is 0 Å². The summed E-state index contributed by atoms with van der Waals surface area (Å²) in [4.78, 5) is 12.4. The first-order valence-corrected chi connectivity index (χ1v) is 4.09. The summed E-state index contributed by atoms with van der Waals surface area (Å²) < 4.78 is 4.56. The van der Waals surface area contributed by atoms with Crippen LogP contribution in [0, 0.1) is 0 Å². The fraction of sp³-hybridized carbons (Fsp3) is 0.625. The molecule has 3 N–H and O–H groups in total. The Morgan fingerprint density at radius 3 is 2.43 bits per heavy atom. The molecule has 0 aromatic carbocycles. The molecule has 6 heteroatoms. The largest absolute Gasteiger partial charge is 0.505 e. The van der Waals surface area contributed by atoms with E-state index in [1.54, 1.807) is 19.0 Å². The SMILES string of the molecule is CN(C)CC(O)[C@H]1OC(=O)C(O)=C1O. The number of aliphatic hydroxyl groups is 3. The first-order chi connectivity index (χ1) is 6.43. The van der Waals surface area contributed by atoms with Gasteiger partial charge in [-0.3, -0.25) is 0 Å². The summed E-state index contributed by atoms with van der Waals surface area (Å²) in [6.45, 7) is 0.218. The van der Waals surface area contributed by atoms with E-state index in [0.29, 0.717) is 0 Å². The molecule has 6 nitrogen and oxygen atoms in total. The van der Waals surface area contributed by atoms with Crippen molar-refractivity contribution < 1.29 is 24.9 Å². The molecule has 2 atom stereocenters. The summed E-state index contributed by atoms with van der Waals surface area (Å²) in [5.41, 5.74) is 0. The van der Waals surface area contributed by atoms with Crippen LogP contribution in [-0.2, 0) is 9.53 Å². The van der Waals surface area contributed by atoms with Crippen molar-refractivity contribution in [2.24, 2.45) is 0 Å². The highest BCUT2D eigenvalue weighted by Gasteiger charge is 2.39. The standard InChI is InChI=1S/C8H13NO5/c1-9(2)3-4(10)7-5(11)6(12)8(13)14-7/h4,7,10-12H,3H2,1-2H3/t4?,7-/m1/s1. The fourth-order valence-electron chi connectivity index (χ4n) is 1.20. The van der Waals surface area contributed by atoms with E-state index in [-0.39, 0.29) is 6.54 Å². The Balaban J connectivity index is 2.68. The van der Waals surface area contributed by atoms with Gasteiger partial charge in [-0.05, 0) is 14.1 Å². The summed E-state index contributed by atoms with van der Waals surface area (Å²) in [6, 6.07) is 0. The zero-order valence-electron chi connectivity index (χ0n) is 7.97.